The molecule has 0 atom stereocenters. The van der Waals surface area contributed by atoms with E-state index in [9.17, 15) is 4.39 Å². The third-order valence-electron chi connectivity index (χ3n) is 4.04. The minimum absolute atomic E-state index is 0.383. The molecule has 0 unspecified atom stereocenters. The van der Waals surface area contributed by atoms with Crippen molar-refractivity contribution in [3.63, 3.8) is 0 Å². The number of ether oxygens (including phenoxy) is 1. The number of nitrogens with zero attached hydrogens (tertiary/aromatic N) is 1. The van der Waals surface area contributed by atoms with E-state index in [0.717, 1.165) is 27.4 Å². The van der Waals surface area contributed by atoms with E-state index in [1.807, 2.05) is 36.4 Å². The van der Waals surface area contributed by atoms with E-state index >= 15 is 0 Å². The lowest BCUT2D eigenvalue weighted by Gasteiger charge is -2.11. The second-order valence-electron chi connectivity index (χ2n) is 5.38. The summed E-state index contributed by atoms with van der Waals surface area (Å²) >= 11 is 0. The van der Waals surface area contributed by atoms with Gasteiger partial charge in [0.1, 0.15) is 11.6 Å². The summed E-state index contributed by atoms with van der Waals surface area (Å²) in [5.41, 5.74) is 7.27. The Hall–Kier alpha value is -3.01. The monoisotopic (exact) mass is 305 g/mol. The van der Waals surface area contributed by atoms with Crippen LogP contribution >= 0.6 is 0 Å². The molecule has 23 heavy (non-hydrogen) atoms. The highest BCUT2D eigenvalue weighted by Gasteiger charge is 2.13. The van der Waals surface area contributed by atoms with E-state index < -0.39 is 0 Å². The molecule has 0 amide bonds. The van der Waals surface area contributed by atoms with Gasteiger partial charge < -0.3 is 15.0 Å². The van der Waals surface area contributed by atoms with Crippen molar-refractivity contribution in [1.82, 2.24) is 4.57 Å². The molecule has 0 bridgehead atoms. The number of nitrogens with two attached hydrogens (primary N) is 1. The molecule has 1 aromatic heterocycles. The van der Waals surface area contributed by atoms with Crippen molar-refractivity contribution in [3.05, 3.63) is 66.6 Å². The van der Waals surface area contributed by atoms with Crippen molar-refractivity contribution >= 4 is 27.4 Å². The molecular weight excluding hydrogens is 291 g/mol. The summed E-state index contributed by atoms with van der Waals surface area (Å²) in [5, 5.41) is 3.07. The van der Waals surface area contributed by atoms with Crippen LogP contribution in [0, 0.1) is 12.0 Å². The van der Waals surface area contributed by atoms with Crippen molar-refractivity contribution in [2.24, 2.45) is 0 Å². The molecule has 2 N–H and O–H groups in total. The molecule has 0 aliphatic rings. The Morgan fingerprint density at radius 3 is 2.57 bits per heavy atom. The van der Waals surface area contributed by atoms with E-state index in [-0.39, 0.29) is 5.82 Å². The van der Waals surface area contributed by atoms with Crippen LogP contribution < -0.4 is 10.5 Å². The highest BCUT2D eigenvalue weighted by molar-refractivity contribution is 6.09. The molecule has 1 radical (unpaired) electrons. The lowest BCUT2D eigenvalue weighted by Crippen LogP contribution is -1.98. The zero-order chi connectivity index (χ0) is 16.0. The number of aromatic nitrogens is 1. The van der Waals surface area contributed by atoms with Gasteiger partial charge >= 0.3 is 0 Å². The fraction of sp³-hybridized carbons (Fsp3) is 0.0526. The minimum atomic E-state index is -0.383. The molecule has 4 rings (SSSR count). The zero-order valence-corrected chi connectivity index (χ0v) is 12.5. The van der Waals surface area contributed by atoms with Gasteiger partial charge in [-0.05, 0) is 29.7 Å². The van der Waals surface area contributed by atoms with Crippen molar-refractivity contribution < 1.29 is 9.13 Å². The third-order valence-corrected chi connectivity index (χ3v) is 4.04. The summed E-state index contributed by atoms with van der Waals surface area (Å²) in [5.74, 6) is 0.364. The van der Waals surface area contributed by atoms with Gasteiger partial charge in [0.2, 0.25) is 0 Å². The fourth-order valence-electron chi connectivity index (χ4n) is 2.96. The van der Waals surface area contributed by atoms with Gasteiger partial charge in [-0.25, -0.2) is 4.39 Å². The van der Waals surface area contributed by atoms with Crippen LogP contribution in [-0.2, 0) is 0 Å². The summed E-state index contributed by atoms with van der Waals surface area (Å²) in [6.07, 6.45) is 3.11. The van der Waals surface area contributed by atoms with E-state index in [2.05, 4.69) is 6.20 Å². The average molecular weight is 305 g/mol. The predicted octanol–water partition coefficient (Wildman–Crippen LogP) is 4.31. The van der Waals surface area contributed by atoms with Gasteiger partial charge in [-0.3, -0.25) is 0 Å². The summed E-state index contributed by atoms with van der Waals surface area (Å²) in [6, 6.07) is 16.4. The van der Waals surface area contributed by atoms with Gasteiger partial charge in [0.05, 0.1) is 24.5 Å². The molecule has 3 aromatic carbocycles. The summed E-state index contributed by atoms with van der Waals surface area (Å²) in [7, 11) is 1.63. The van der Waals surface area contributed by atoms with Gasteiger partial charge in [0.25, 0.3) is 0 Å². The zero-order valence-electron chi connectivity index (χ0n) is 12.5. The van der Waals surface area contributed by atoms with E-state index in [1.165, 1.54) is 6.07 Å². The third kappa shape index (κ3) is 2.03. The van der Waals surface area contributed by atoms with Crippen LogP contribution in [0.25, 0.3) is 27.4 Å². The normalized spacial score (nSPS) is 11.2. The second kappa shape index (κ2) is 5.02. The first-order valence-corrected chi connectivity index (χ1v) is 7.23. The maximum absolute atomic E-state index is 14.3. The Morgan fingerprint density at radius 2 is 1.83 bits per heavy atom. The minimum Gasteiger partial charge on any atom is -0.496 e. The number of hydrogen-bond donors (Lipinski definition) is 1. The number of hydrogen-bond acceptors (Lipinski definition) is 2. The number of methoxy groups -OCH3 is 1. The van der Waals surface area contributed by atoms with E-state index in [4.69, 9.17) is 10.5 Å². The smallest absolute Gasteiger partial charge is 0.149 e. The first-order valence-electron chi connectivity index (χ1n) is 7.23. The number of halogens is 1. The van der Waals surface area contributed by atoms with Crippen LogP contribution in [0.3, 0.4) is 0 Å². The Labute approximate surface area is 132 Å². The van der Waals surface area contributed by atoms with Crippen LogP contribution in [0.4, 0.5) is 10.1 Å². The number of nitrogen functional groups attached to an aromatic ring is 1. The van der Waals surface area contributed by atoms with Crippen LogP contribution in [0.2, 0.25) is 0 Å². The van der Waals surface area contributed by atoms with Crippen molar-refractivity contribution in [2.45, 2.75) is 0 Å². The van der Waals surface area contributed by atoms with E-state index in [0.29, 0.717) is 11.4 Å². The standard InChI is InChI=1S/C19H14FN2O/c1-23-19-11-18-14(13-4-2-3-5-15(13)19)8-9-22(18)17-7-6-12(21)10-16(17)20/h2-8,10-11H,21H2,1H3. The number of anilines is 1. The Bertz CT molecular complexity index is 1040. The van der Waals surface area contributed by atoms with Gasteiger partial charge in [0.15, 0.2) is 0 Å². The Balaban J connectivity index is 2.08. The molecule has 1 heterocycles. The maximum atomic E-state index is 14.3. The molecule has 0 aliphatic carbocycles. The molecule has 0 fully saturated rings. The largest absolute Gasteiger partial charge is 0.496 e. The first kappa shape index (κ1) is 13.6. The fourth-order valence-corrected chi connectivity index (χ4v) is 2.96. The lowest BCUT2D eigenvalue weighted by atomic mass is 10.1. The molecule has 0 saturated carbocycles. The number of fused-ring (bicyclic) bond motifs is 3. The van der Waals surface area contributed by atoms with Gasteiger partial charge in [-0.1, -0.05) is 24.3 Å². The molecule has 0 spiro atoms. The molecular formula is C19H14FN2O. The SMILES string of the molecule is COc1cc2c(c[c]n2-c2ccc(N)cc2F)c2ccccc12. The van der Waals surface area contributed by atoms with Gasteiger partial charge in [0, 0.05) is 22.5 Å². The van der Waals surface area contributed by atoms with Crippen molar-refractivity contribution in [2.75, 3.05) is 12.8 Å². The van der Waals surface area contributed by atoms with Crippen LogP contribution in [0.5, 0.6) is 5.75 Å². The maximum Gasteiger partial charge on any atom is 0.149 e. The lowest BCUT2D eigenvalue weighted by molar-refractivity contribution is 0.420. The van der Waals surface area contributed by atoms with Gasteiger partial charge in [-0.2, -0.15) is 0 Å². The highest BCUT2D eigenvalue weighted by atomic mass is 19.1. The molecule has 4 heteroatoms. The Kier molecular flexibility index (Phi) is 2.98. The molecule has 0 aliphatic heterocycles. The average Bonchev–Trinajstić information content (AvgIpc) is 2.98. The van der Waals surface area contributed by atoms with Crippen LogP contribution in [0.1, 0.15) is 0 Å². The Morgan fingerprint density at radius 1 is 1.04 bits per heavy atom. The molecule has 0 saturated heterocycles. The van der Waals surface area contributed by atoms with Gasteiger partial charge in [-0.15, -0.1) is 0 Å². The van der Waals surface area contributed by atoms with Crippen LogP contribution in [0.15, 0.2) is 54.6 Å². The summed E-state index contributed by atoms with van der Waals surface area (Å²) in [6.45, 7) is 0. The highest BCUT2D eigenvalue weighted by Crippen LogP contribution is 2.35. The first-order chi connectivity index (χ1) is 11.2. The molecule has 4 aromatic rings. The quantitative estimate of drug-likeness (QED) is 0.560. The molecule has 3 nitrogen and oxygen atoms in total. The van der Waals surface area contributed by atoms with E-state index in [1.54, 1.807) is 23.8 Å². The van der Waals surface area contributed by atoms with Crippen molar-refractivity contribution in [3.8, 4) is 11.4 Å². The van der Waals surface area contributed by atoms with Crippen molar-refractivity contribution in [1.29, 1.82) is 0 Å². The summed E-state index contributed by atoms with van der Waals surface area (Å²) < 4.78 is 21.5. The topological polar surface area (TPSA) is 40.2 Å². The number of benzene rings is 3. The summed E-state index contributed by atoms with van der Waals surface area (Å²) in [4.78, 5) is 0. The molecule has 113 valence electrons. The predicted molar refractivity (Wildman–Crippen MR) is 90.5 cm³/mol. The second-order valence-corrected chi connectivity index (χ2v) is 5.38. The number of rotatable bonds is 2. The van der Waals surface area contributed by atoms with Crippen LogP contribution in [-0.4, -0.2) is 11.7 Å².